The first-order chi connectivity index (χ1) is 22.3. The molecule has 6 rings (SSSR count). The molecule has 2 saturated heterocycles. The lowest BCUT2D eigenvalue weighted by Gasteiger charge is -2.30. The molecule has 0 aliphatic carbocycles. The van der Waals surface area contributed by atoms with Crippen LogP contribution in [0.4, 0.5) is 11.8 Å². The Balaban J connectivity index is 1.21. The molecule has 4 aromatic heterocycles. The van der Waals surface area contributed by atoms with Crippen molar-refractivity contribution in [3.8, 4) is 0 Å². The van der Waals surface area contributed by atoms with E-state index in [0.717, 1.165) is 11.8 Å². The Morgan fingerprint density at radius 2 is 1.98 bits per heavy atom. The van der Waals surface area contributed by atoms with Crippen molar-refractivity contribution < 1.29 is 47.6 Å². The van der Waals surface area contributed by atoms with Gasteiger partial charge in [-0.1, -0.05) is 0 Å². The van der Waals surface area contributed by atoms with Crippen molar-refractivity contribution in [1.29, 1.82) is 0 Å². The van der Waals surface area contributed by atoms with E-state index in [2.05, 4.69) is 29.9 Å². The van der Waals surface area contributed by atoms with Crippen LogP contribution < -0.4 is 17.0 Å². The molecule has 4 aromatic rings. The van der Waals surface area contributed by atoms with Crippen LogP contribution in [0.15, 0.2) is 23.8 Å². The molecule has 0 amide bonds. The fraction of sp³-hybridized carbons (Fsp3) is 0.545. The van der Waals surface area contributed by atoms with Crippen molar-refractivity contribution in [1.82, 2.24) is 39.0 Å². The van der Waals surface area contributed by atoms with Crippen LogP contribution in [0.25, 0.3) is 22.3 Å². The molecule has 9 atom stereocenters. The normalized spacial score (nSPS) is 29.9. The molecule has 6 heterocycles. The molecule has 21 nitrogen and oxygen atoms in total. The lowest BCUT2D eigenvalue weighted by Crippen LogP contribution is -2.35. The number of nitrogens with zero attached hydrogens (tertiary/aromatic N) is 7. The van der Waals surface area contributed by atoms with Crippen LogP contribution in [0.2, 0.25) is 0 Å². The maximum Gasteiger partial charge on any atom is 0.325 e. The predicted octanol–water partition coefficient (Wildman–Crippen LogP) is -0.871. The van der Waals surface area contributed by atoms with Crippen molar-refractivity contribution in [2.45, 2.75) is 54.1 Å². The van der Waals surface area contributed by atoms with Gasteiger partial charge >= 0.3 is 15.0 Å². The standard InChI is InChI=1S/C22H30N10O11P2S2/c1-22(2-9(39-8-40-44(36)37)19(42-22)31-6-27-11-15(23)25-5-26-16(11)31)4-41-45(38,46)43-14-13(34)10(3-33)47-20(14)32-7-28-12-17(32)29-21(24)30-18(12)35/h5-7,9-10,13-14,19-20,33-34,44H,2-4,8H2,1H3,(H,36,37)(H,38,46)(H2,23,25,26)(H3,24,29,30,35)/t9-,10-,13-,14-,19-,20-,22-,45?/m1/s1. The second-order valence-corrected chi connectivity index (χ2v) is 15.8. The second-order valence-electron chi connectivity index (χ2n) is 10.8. The zero-order valence-corrected chi connectivity index (χ0v) is 27.7. The first kappa shape index (κ1) is 34.2. The summed E-state index contributed by atoms with van der Waals surface area (Å²) in [6, 6.07) is 0. The summed E-state index contributed by atoms with van der Waals surface area (Å²) in [5, 5.41) is 19.3. The molecule has 2 fully saturated rings. The second kappa shape index (κ2) is 13.3. The summed E-state index contributed by atoms with van der Waals surface area (Å²) in [6.45, 7) is -3.79. The number of anilines is 2. The summed E-state index contributed by atoms with van der Waals surface area (Å²) in [7, 11) is -3.28. The summed E-state index contributed by atoms with van der Waals surface area (Å²) < 4.78 is 42.5. The average Bonchev–Trinajstić information content (AvgIpc) is 3.77. The summed E-state index contributed by atoms with van der Waals surface area (Å²) >= 11 is 6.43. The molecular weight excluding hydrogens is 706 g/mol. The molecule has 47 heavy (non-hydrogen) atoms. The molecule has 2 aliphatic rings. The monoisotopic (exact) mass is 736 g/mol. The van der Waals surface area contributed by atoms with Crippen molar-refractivity contribution in [2.24, 2.45) is 0 Å². The minimum atomic E-state index is -4.15. The van der Waals surface area contributed by atoms with Gasteiger partial charge in [0.25, 0.3) is 5.56 Å². The Labute approximate surface area is 273 Å². The van der Waals surface area contributed by atoms with E-state index in [9.17, 15) is 24.5 Å². The predicted molar refractivity (Wildman–Crippen MR) is 168 cm³/mol. The minimum Gasteiger partial charge on any atom is -0.395 e. The topological polar surface area (TPSA) is 303 Å². The first-order valence-corrected chi connectivity index (χ1v) is 18.5. The number of hydrogen-bond donors (Lipinski definition) is 7. The van der Waals surface area contributed by atoms with Gasteiger partial charge in [-0.3, -0.25) is 32.5 Å². The smallest absolute Gasteiger partial charge is 0.325 e. The maximum atomic E-state index is 12.3. The first-order valence-electron chi connectivity index (χ1n) is 13.7. The lowest BCUT2D eigenvalue weighted by atomic mass is 10.0. The fourth-order valence-corrected chi connectivity index (χ4v) is 8.55. The van der Waals surface area contributed by atoms with Crippen LogP contribution in [0, 0.1) is 0 Å². The number of nitrogen functional groups attached to an aromatic ring is 2. The Hall–Kier alpha value is -2.63. The lowest BCUT2D eigenvalue weighted by molar-refractivity contribution is -0.119. The van der Waals surface area contributed by atoms with E-state index in [1.54, 1.807) is 11.5 Å². The summed E-state index contributed by atoms with van der Waals surface area (Å²) in [5.41, 5.74) is 10.6. The highest BCUT2D eigenvalue weighted by Crippen LogP contribution is 2.54. The minimum absolute atomic E-state index is 0.0190. The number of aromatic amines is 1. The molecule has 256 valence electrons. The highest BCUT2D eigenvalue weighted by Gasteiger charge is 2.50. The number of aromatic nitrogens is 8. The summed E-state index contributed by atoms with van der Waals surface area (Å²) in [5.74, 6) is -0.0266. The molecule has 2 unspecified atom stereocenters. The largest absolute Gasteiger partial charge is 0.395 e. The van der Waals surface area contributed by atoms with Gasteiger partial charge in [0.1, 0.15) is 29.4 Å². The van der Waals surface area contributed by atoms with Crippen LogP contribution in [-0.2, 0) is 39.4 Å². The number of aliphatic hydroxyl groups excluding tert-OH is 2. The molecule has 2 aliphatic heterocycles. The van der Waals surface area contributed by atoms with Gasteiger partial charge in [-0.05, 0) is 18.7 Å². The van der Waals surface area contributed by atoms with Gasteiger partial charge in [0.15, 0.2) is 35.6 Å². The van der Waals surface area contributed by atoms with Crippen molar-refractivity contribution >= 4 is 72.6 Å². The van der Waals surface area contributed by atoms with Crippen LogP contribution in [0.1, 0.15) is 24.9 Å². The summed E-state index contributed by atoms with van der Waals surface area (Å²) in [4.78, 5) is 55.6. The third kappa shape index (κ3) is 6.95. The molecule has 0 saturated carbocycles. The maximum absolute atomic E-state index is 12.3. The Bertz CT molecular complexity index is 1910. The van der Waals surface area contributed by atoms with Crippen LogP contribution in [0.3, 0.4) is 0 Å². The van der Waals surface area contributed by atoms with Gasteiger partial charge in [0, 0.05) is 6.42 Å². The fourth-order valence-electron chi connectivity index (χ4n) is 5.38. The summed E-state index contributed by atoms with van der Waals surface area (Å²) in [6.07, 6.45) is -0.181. The zero-order chi connectivity index (χ0) is 33.7. The SMILES string of the molecule is C[C@]1(COP(O)(=S)O[C@@H]2[C@H](O)[C@@H](CO)S[C@H]2n2cnc3c(=O)[nH]c(N)nc32)C[C@@H](OCO[PH](=O)O)[C@H](n2cnc3c(N)ncnc32)O1. The van der Waals surface area contributed by atoms with Gasteiger partial charge in [-0.15, -0.1) is 11.8 Å². The van der Waals surface area contributed by atoms with E-state index in [1.165, 1.54) is 23.5 Å². The van der Waals surface area contributed by atoms with Gasteiger partial charge < -0.3 is 45.5 Å². The van der Waals surface area contributed by atoms with E-state index in [1.807, 2.05) is 0 Å². The molecule has 0 bridgehead atoms. The van der Waals surface area contributed by atoms with Crippen LogP contribution >= 0.6 is 26.7 Å². The van der Waals surface area contributed by atoms with Crippen LogP contribution in [-0.4, -0.2) is 108 Å². The Morgan fingerprint density at radius 3 is 2.72 bits per heavy atom. The number of imidazole rings is 2. The third-order valence-corrected chi connectivity index (χ3v) is 10.9. The third-order valence-electron chi connectivity index (χ3n) is 7.49. The number of aliphatic hydroxyl groups is 2. The number of rotatable bonds is 12. The Morgan fingerprint density at radius 1 is 1.23 bits per heavy atom. The Kier molecular flexibility index (Phi) is 9.73. The molecule has 0 aromatic carbocycles. The number of fused-ring (bicyclic) bond motifs is 2. The molecule has 9 N–H and O–H groups in total. The van der Waals surface area contributed by atoms with Gasteiger partial charge in [-0.25, -0.2) is 19.9 Å². The highest BCUT2D eigenvalue weighted by molar-refractivity contribution is 8.07. The molecule has 25 heteroatoms. The van der Waals surface area contributed by atoms with Gasteiger partial charge in [0.05, 0.1) is 42.8 Å². The van der Waals surface area contributed by atoms with Crippen molar-refractivity contribution in [3.63, 3.8) is 0 Å². The molecule has 0 radical (unpaired) electrons. The number of nitrogens with one attached hydrogen (secondary N) is 1. The number of thioether (sulfide) groups is 1. The van der Waals surface area contributed by atoms with Crippen molar-refractivity contribution in [2.75, 3.05) is 31.5 Å². The number of nitrogens with two attached hydrogens (primary N) is 2. The van der Waals surface area contributed by atoms with E-state index in [4.69, 9.17) is 51.2 Å². The van der Waals surface area contributed by atoms with E-state index >= 15 is 0 Å². The molecule has 0 spiro atoms. The van der Waals surface area contributed by atoms with Crippen LogP contribution in [0.5, 0.6) is 0 Å². The van der Waals surface area contributed by atoms with Gasteiger partial charge in [-0.2, -0.15) is 4.98 Å². The van der Waals surface area contributed by atoms with E-state index in [0.29, 0.717) is 11.2 Å². The van der Waals surface area contributed by atoms with Gasteiger partial charge in [0.2, 0.25) is 5.95 Å². The zero-order valence-electron chi connectivity index (χ0n) is 24.2. The van der Waals surface area contributed by atoms with E-state index in [-0.39, 0.29) is 36.0 Å². The van der Waals surface area contributed by atoms with E-state index < -0.39 is 74.7 Å². The quantitative estimate of drug-likeness (QED) is 0.0686. The highest BCUT2D eigenvalue weighted by atomic mass is 32.5. The average molecular weight is 737 g/mol. The molecular formula is C22H30N10O11P2S2. The number of hydrogen-bond acceptors (Lipinski definition) is 18. The van der Waals surface area contributed by atoms with Crippen molar-refractivity contribution in [3.05, 3.63) is 29.3 Å². The number of ether oxygens (including phenoxy) is 2. The number of H-pyrrole nitrogens is 1.